The maximum atomic E-state index is 11.3. The monoisotopic (exact) mass is 249 g/mol. The second-order valence-corrected chi connectivity index (χ2v) is 4.68. The molecule has 0 unspecified atom stereocenters. The van der Waals surface area contributed by atoms with Crippen molar-refractivity contribution in [2.75, 3.05) is 25.9 Å². The molecule has 0 aromatic heterocycles. The summed E-state index contributed by atoms with van der Waals surface area (Å²) in [5, 5.41) is 0. The van der Waals surface area contributed by atoms with Gasteiger partial charge in [0.25, 0.3) is 5.91 Å². The van der Waals surface area contributed by atoms with E-state index in [0.717, 1.165) is 6.54 Å². The van der Waals surface area contributed by atoms with Crippen LogP contribution in [0.15, 0.2) is 18.2 Å². The lowest BCUT2D eigenvalue weighted by Gasteiger charge is -2.16. The van der Waals surface area contributed by atoms with Crippen LogP contribution >= 0.6 is 0 Å². The molecule has 1 fully saturated rings. The second-order valence-electron chi connectivity index (χ2n) is 4.68. The van der Waals surface area contributed by atoms with Gasteiger partial charge in [0.1, 0.15) is 12.4 Å². The molecular weight excluding hydrogens is 230 g/mol. The van der Waals surface area contributed by atoms with E-state index in [1.807, 2.05) is 0 Å². The number of likely N-dealkylation sites (N-methyl/N-ethyl adjacent to an activating group) is 1. The SMILES string of the molecule is CN(CCOc1ccc(N)cc1C(N)=O)C1CC1. The van der Waals surface area contributed by atoms with Gasteiger partial charge in [-0.2, -0.15) is 0 Å². The number of nitrogens with zero attached hydrogens (tertiary/aromatic N) is 1. The Labute approximate surface area is 107 Å². The lowest BCUT2D eigenvalue weighted by Crippen LogP contribution is -2.26. The van der Waals surface area contributed by atoms with E-state index in [0.29, 0.717) is 29.6 Å². The predicted molar refractivity (Wildman–Crippen MR) is 70.5 cm³/mol. The Bertz CT molecular complexity index is 444. The minimum atomic E-state index is -0.521. The summed E-state index contributed by atoms with van der Waals surface area (Å²) < 4.78 is 5.60. The van der Waals surface area contributed by atoms with Crippen molar-refractivity contribution in [1.29, 1.82) is 0 Å². The van der Waals surface area contributed by atoms with Crippen molar-refractivity contribution in [2.45, 2.75) is 18.9 Å². The molecule has 0 spiro atoms. The fourth-order valence-corrected chi connectivity index (χ4v) is 1.86. The van der Waals surface area contributed by atoms with Gasteiger partial charge in [0, 0.05) is 18.3 Å². The molecule has 0 heterocycles. The number of amides is 1. The zero-order valence-electron chi connectivity index (χ0n) is 10.6. The van der Waals surface area contributed by atoms with Crippen LogP contribution in [0.25, 0.3) is 0 Å². The number of benzene rings is 1. The van der Waals surface area contributed by atoms with Gasteiger partial charge in [0.05, 0.1) is 5.56 Å². The average molecular weight is 249 g/mol. The highest BCUT2D eigenvalue weighted by molar-refractivity contribution is 5.96. The first kappa shape index (κ1) is 12.7. The fourth-order valence-electron chi connectivity index (χ4n) is 1.86. The van der Waals surface area contributed by atoms with Crippen LogP contribution in [-0.2, 0) is 0 Å². The number of carbonyl (C=O) groups excluding carboxylic acids is 1. The molecule has 0 saturated heterocycles. The van der Waals surface area contributed by atoms with Crippen LogP contribution in [0.4, 0.5) is 5.69 Å². The largest absolute Gasteiger partial charge is 0.491 e. The molecule has 1 amide bonds. The molecule has 1 aromatic carbocycles. The van der Waals surface area contributed by atoms with Gasteiger partial charge in [-0.15, -0.1) is 0 Å². The minimum Gasteiger partial charge on any atom is -0.491 e. The molecule has 5 heteroatoms. The Balaban J connectivity index is 1.93. The van der Waals surface area contributed by atoms with E-state index in [4.69, 9.17) is 16.2 Å². The maximum absolute atomic E-state index is 11.3. The molecule has 1 aliphatic carbocycles. The van der Waals surface area contributed by atoms with Crippen LogP contribution in [0.1, 0.15) is 23.2 Å². The zero-order chi connectivity index (χ0) is 13.1. The molecule has 1 aliphatic rings. The van der Waals surface area contributed by atoms with E-state index < -0.39 is 5.91 Å². The lowest BCUT2D eigenvalue weighted by atomic mass is 10.1. The van der Waals surface area contributed by atoms with Crippen LogP contribution in [0.3, 0.4) is 0 Å². The van der Waals surface area contributed by atoms with Gasteiger partial charge in [0.15, 0.2) is 0 Å². The van der Waals surface area contributed by atoms with E-state index in [2.05, 4.69) is 11.9 Å². The Morgan fingerprint density at radius 2 is 2.22 bits per heavy atom. The summed E-state index contributed by atoms with van der Waals surface area (Å²) in [5.41, 5.74) is 11.7. The van der Waals surface area contributed by atoms with Crippen molar-refractivity contribution in [3.05, 3.63) is 23.8 Å². The van der Waals surface area contributed by atoms with E-state index >= 15 is 0 Å². The quantitative estimate of drug-likeness (QED) is 0.732. The molecule has 1 saturated carbocycles. The molecule has 0 atom stereocenters. The first-order chi connectivity index (χ1) is 8.58. The van der Waals surface area contributed by atoms with Crippen LogP contribution in [0.2, 0.25) is 0 Å². The van der Waals surface area contributed by atoms with Gasteiger partial charge in [0.2, 0.25) is 0 Å². The van der Waals surface area contributed by atoms with Crippen molar-refractivity contribution >= 4 is 11.6 Å². The maximum Gasteiger partial charge on any atom is 0.252 e. The number of hydrogen-bond acceptors (Lipinski definition) is 4. The number of carbonyl (C=O) groups is 1. The van der Waals surface area contributed by atoms with Crippen molar-refractivity contribution < 1.29 is 9.53 Å². The van der Waals surface area contributed by atoms with Crippen LogP contribution in [0.5, 0.6) is 5.75 Å². The molecule has 98 valence electrons. The number of rotatable bonds is 6. The summed E-state index contributed by atoms with van der Waals surface area (Å²) in [6.07, 6.45) is 2.54. The topological polar surface area (TPSA) is 81.6 Å². The van der Waals surface area contributed by atoms with Crippen LogP contribution < -0.4 is 16.2 Å². The first-order valence-corrected chi connectivity index (χ1v) is 6.10. The summed E-state index contributed by atoms with van der Waals surface area (Å²) in [4.78, 5) is 13.5. The van der Waals surface area contributed by atoms with Crippen LogP contribution in [-0.4, -0.2) is 37.0 Å². The van der Waals surface area contributed by atoms with Gasteiger partial charge < -0.3 is 21.1 Å². The standard InChI is InChI=1S/C13H19N3O2/c1-16(10-3-4-10)6-7-18-12-5-2-9(14)8-11(12)13(15)17/h2,5,8,10H,3-4,6-7,14H2,1H3,(H2,15,17). The zero-order valence-corrected chi connectivity index (χ0v) is 10.6. The molecule has 2 rings (SSSR count). The fraction of sp³-hybridized carbons (Fsp3) is 0.462. The van der Waals surface area contributed by atoms with E-state index in [9.17, 15) is 4.79 Å². The minimum absolute atomic E-state index is 0.337. The summed E-state index contributed by atoms with van der Waals surface area (Å²) >= 11 is 0. The molecule has 0 radical (unpaired) electrons. The molecule has 0 aliphatic heterocycles. The third-order valence-corrected chi connectivity index (χ3v) is 3.14. The summed E-state index contributed by atoms with van der Waals surface area (Å²) in [5.74, 6) is -0.0197. The van der Waals surface area contributed by atoms with Crippen LogP contribution in [0, 0.1) is 0 Å². The van der Waals surface area contributed by atoms with E-state index in [-0.39, 0.29) is 0 Å². The Morgan fingerprint density at radius 3 is 2.83 bits per heavy atom. The number of anilines is 1. The molecule has 5 nitrogen and oxygen atoms in total. The molecule has 0 bridgehead atoms. The normalized spacial score (nSPS) is 14.8. The highest BCUT2D eigenvalue weighted by atomic mass is 16.5. The molecule has 18 heavy (non-hydrogen) atoms. The Kier molecular flexibility index (Phi) is 3.72. The first-order valence-electron chi connectivity index (χ1n) is 6.10. The van der Waals surface area contributed by atoms with E-state index in [1.165, 1.54) is 12.8 Å². The van der Waals surface area contributed by atoms with Crippen molar-refractivity contribution in [1.82, 2.24) is 4.90 Å². The van der Waals surface area contributed by atoms with E-state index in [1.54, 1.807) is 18.2 Å². The van der Waals surface area contributed by atoms with Gasteiger partial charge >= 0.3 is 0 Å². The molecular formula is C13H19N3O2. The second kappa shape index (κ2) is 5.27. The predicted octanol–water partition coefficient (Wildman–Crippen LogP) is 0.841. The molecule has 1 aromatic rings. The number of ether oxygens (including phenoxy) is 1. The average Bonchev–Trinajstić information content (AvgIpc) is 3.14. The van der Waals surface area contributed by atoms with Crippen molar-refractivity contribution in [2.24, 2.45) is 5.73 Å². The summed E-state index contributed by atoms with van der Waals surface area (Å²) in [6, 6.07) is 5.64. The molecule has 4 N–H and O–H groups in total. The Hall–Kier alpha value is -1.75. The van der Waals surface area contributed by atoms with Gasteiger partial charge in [-0.1, -0.05) is 0 Å². The number of hydrogen-bond donors (Lipinski definition) is 2. The smallest absolute Gasteiger partial charge is 0.252 e. The summed E-state index contributed by atoms with van der Waals surface area (Å²) in [6.45, 7) is 1.38. The van der Waals surface area contributed by atoms with Gasteiger partial charge in [-0.25, -0.2) is 0 Å². The Morgan fingerprint density at radius 1 is 1.50 bits per heavy atom. The summed E-state index contributed by atoms with van der Waals surface area (Å²) in [7, 11) is 2.08. The van der Waals surface area contributed by atoms with Crippen molar-refractivity contribution in [3.8, 4) is 5.75 Å². The number of nitrogen functional groups attached to an aromatic ring is 1. The van der Waals surface area contributed by atoms with Gasteiger partial charge in [-0.3, -0.25) is 4.79 Å². The lowest BCUT2D eigenvalue weighted by molar-refractivity contribution is 0.0995. The highest BCUT2D eigenvalue weighted by Crippen LogP contribution is 2.25. The number of nitrogens with two attached hydrogens (primary N) is 2. The number of primary amides is 1. The van der Waals surface area contributed by atoms with Gasteiger partial charge in [-0.05, 0) is 38.1 Å². The third kappa shape index (κ3) is 3.13. The van der Waals surface area contributed by atoms with Crippen molar-refractivity contribution in [3.63, 3.8) is 0 Å². The highest BCUT2D eigenvalue weighted by Gasteiger charge is 2.25. The third-order valence-electron chi connectivity index (χ3n) is 3.14.